The first-order chi connectivity index (χ1) is 14.2. The highest BCUT2D eigenvalue weighted by molar-refractivity contribution is 5.94. The number of carbonyl (C=O) groups excluding carboxylic acids is 1. The minimum atomic E-state index is 0.0786. The average Bonchev–Trinajstić information content (AvgIpc) is 3.31. The average molecular weight is 391 g/mol. The van der Waals surface area contributed by atoms with Crippen molar-refractivity contribution >= 4 is 5.91 Å². The van der Waals surface area contributed by atoms with Crippen LogP contribution in [0.4, 0.5) is 0 Å². The van der Waals surface area contributed by atoms with Gasteiger partial charge >= 0.3 is 0 Å². The largest absolute Gasteiger partial charge is 0.494 e. The number of benzene rings is 2. The zero-order valence-electron chi connectivity index (χ0n) is 16.6. The second kappa shape index (κ2) is 8.92. The van der Waals surface area contributed by atoms with Gasteiger partial charge in [-0.1, -0.05) is 24.3 Å². The summed E-state index contributed by atoms with van der Waals surface area (Å²) in [4.78, 5) is 21.1. The Morgan fingerprint density at radius 1 is 1.03 bits per heavy atom. The molecule has 0 unspecified atom stereocenters. The molecule has 6 heteroatoms. The molecule has 1 amide bonds. The van der Waals surface area contributed by atoms with E-state index >= 15 is 0 Å². The molecule has 0 spiro atoms. The van der Waals surface area contributed by atoms with Gasteiger partial charge in [-0.2, -0.15) is 0 Å². The monoisotopic (exact) mass is 391 g/mol. The van der Waals surface area contributed by atoms with Crippen molar-refractivity contribution in [3.05, 3.63) is 72.2 Å². The van der Waals surface area contributed by atoms with Crippen LogP contribution in [0.2, 0.25) is 0 Å². The van der Waals surface area contributed by atoms with Crippen LogP contribution in [0.5, 0.6) is 5.75 Å². The van der Waals surface area contributed by atoms with Gasteiger partial charge in [0.15, 0.2) is 12.2 Å². The van der Waals surface area contributed by atoms with Gasteiger partial charge in [-0.15, -0.1) is 0 Å². The molecule has 4 rings (SSSR count). The third kappa shape index (κ3) is 4.66. The van der Waals surface area contributed by atoms with Gasteiger partial charge in [0, 0.05) is 43.9 Å². The van der Waals surface area contributed by atoms with E-state index in [0.717, 1.165) is 44.0 Å². The standard InChI is InChI=1S/C23H25N3O3/c1-2-28-21-9-3-18(4-10-21)16-25-11-13-26(14-12-25)23(27)20-7-5-19(6-8-20)22-15-24-17-29-22/h3-10,15,17H,2,11-14,16H2,1H3. The topological polar surface area (TPSA) is 58.8 Å². The number of hydrogen-bond acceptors (Lipinski definition) is 5. The van der Waals surface area contributed by atoms with E-state index in [9.17, 15) is 4.79 Å². The molecule has 2 aromatic carbocycles. The Bertz CT molecular complexity index is 913. The molecule has 0 N–H and O–H groups in total. The molecule has 1 aromatic heterocycles. The lowest BCUT2D eigenvalue weighted by Crippen LogP contribution is -2.48. The molecule has 1 aliphatic rings. The number of amides is 1. The van der Waals surface area contributed by atoms with E-state index in [1.54, 1.807) is 6.20 Å². The first kappa shape index (κ1) is 19.2. The number of rotatable bonds is 6. The summed E-state index contributed by atoms with van der Waals surface area (Å²) in [5, 5.41) is 0. The zero-order chi connectivity index (χ0) is 20.1. The SMILES string of the molecule is CCOc1ccc(CN2CCN(C(=O)c3ccc(-c4cnco4)cc3)CC2)cc1. The summed E-state index contributed by atoms with van der Waals surface area (Å²) in [5.74, 6) is 1.68. The van der Waals surface area contributed by atoms with Crippen LogP contribution in [-0.2, 0) is 6.54 Å². The fourth-order valence-corrected chi connectivity index (χ4v) is 3.54. The highest BCUT2D eigenvalue weighted by atomic mass is 16.5. The molecule has 0 bridgehead atoms. The molecule has 1 fully saturated rings. The minimum Gasteiger partial charge on any atom is -0.494 e. The molecule has 0 radical (unpaired) electrons. The van der Waals surface area contributed by atoms with Gasteiger partial charge in [0.2, 0.25) is 0 Å². The van der Waals surface area contributed by atoms with E-state index in [1.165, 1.54) is 12.0 Å². The molecule has 1 aliphatic heterocycles. The Hall–Kier alpha value is -3.12. The molecule has 1 saturated heterocycles. The number of carbonyl (C=O) groups is 1. The van der Waals surface area contributed by atoms with Crippen molar-refractivity contribution in [3.8, 4) is 17.1 Å². The van der Waals surface area contributed by atoms with Crippen LogP contribution in [0.15, 0.2) is 65.5 Å². The molecular formula is C23H25N3O3. The van der Waals surface area contributed by atoms with Gasteiger partial charge in [0.1, 0.15) is 5.75 Å². The molecule has 3 aromatic rings. The fraction of sp³-hybridized carbons (Fsp3) is 0.304. The van der Waals surface area contributed by atoms with Crippen LogP contribution in [0.25, 0.3) is 11.3 Å². The molecule has 0 aliphatic carbocycles. The second-order valence-corrected chi connectivity index (χ2v) is 7.09. The van der Waals surface area contributed by atoms with Crippen LogP contribution in [0.1, 0.15) is 22.8 Å². The summed E-state index contributed by atoms with van der Waals surface area (Å²) in [6.45, 7) is 6.77. The summed E-state index contributed by atoms with van der Waals surface area (Å²) >= 11 is 0. The predicted molar refractivity (Wildman–Crippen MR) is 111 cm³/mol. The van der Waals surface area contributed by atoms with Crippen molar-refractivity contribution in [2.45, 2.75) is 13.5 Å². The molecule has 150 valence electrons. The minimum absolute atomic E-state index is 0.0786. The lowest BCUT2D eigenvalue weighted by molar-refractivity contribution is 0.0628. The number of oxazole rings is 1. The second-order valence-electron chi connectivity index (χ2n) is 7.09. The third-order valence-corrected chi connectivity index (χ3v) is 5.15. The van der Waals surface area contributed by atoms with E-state index in [2.05, 4.69) is 22.0 Å². The smallest absolute Gasteiger partial charge is 0.253 e. The van der Waals surface area contributed by atoms with Gasteiger partial charge in [-0.3, -0.25) is 9.69 Å². The van der Waals surface area contributed by atoms with Gasteiger partial charge in [0.25, 0.3) is 5.91 Å². The van der Waals surface area contributed by atoms with Crippen molar-refractivity contribution in [2.75, 3.05) is 32.8 Å². The van der Waals surface area contributed by atoms with E-state index in [4.69, 9.17) is 9.15 Å². The lowest BCUT2D eigenvalue weighted by atomic mass is 10.1. The summed E-state index contributed by atoms with van der Waals surface area (Å²) in [6.07, 6.45) is 3.07. The molecule has 0 saturated carbocycles. The normalized spacial score (nSPS) is 14.7. The predicted octanol–water partition coefficient (Wildman–Crippen LogP) is 3.70. The van der Waals surface area contributed by atoms with Crippen LogP contribution in [0.3, 0.4) is 0 Å². The Kier molecular flexibility index (Phi) is 5.91. The van der Waals surface area contributed by atoms with Crippen molar-refractivity contribution < 1.29 is 13.9 Å². The Morgan fingerprint density at radius 3 is 2.38 bits per heavy atom. The summed E-state index contributed by atoms with van der Waals surface area (Å²) in [7, 11) is 0. The van der Waals surface area contributed by atoms with Gasteiger partial charge < -0.3 is 14.1 Å². The first-order valence-electron chi connectivity index (χ1n) is 9.95. The maximum absolute atomic E-state index is 12.8. The maximum atomic E-state index is 12.8. The molecule has 2 heterocycles. The molecular weight excluding hydrogens is 366 g/mol. The number of piperazine rings is 1. The summed E-state index contributed by atoms with van der Waals surface area (Å²) < 4.78 is 10.8. The zero-order valence-corrected chi connectivity index (χ0v) is 16.6. The molecule has 29 heavy (non-hydrogen) atoms. The van der Waals surface area contributed by atoms with E-state index in [1.807, 2.05) is 48.2 Å². The molecule has 6 nitrogen and oxygen atoms in total. The van der Waals surface area contributed by atoms with Crippen molar-refractivity contribution in [1.29, 1.82) is 0 Å². The van der Waals surface area contributed by atoms with Crippen LogP contribution < -0.4 is 4.74 Å². The van der Waals surface area contributed by atoms with Crippen molar-refractivity contribution in [3.63, 3.8) is 0 Å². The van der Waals surface area contributed by atoms with Crippen LogP contribution >= 0.6 is 0 Å². The van der Waals surface area contributed by atoms with Crippen molar-refractivity contribution in [2.24, 2.45) is 0 Å². The van der Waals surface area contributed by atoms with Crippen molar-refractivity contribution in [1.82, 2.24) is 14.8 Å². The number of nitrogens with zero attached hydrogens (tertiary/aromatic N) is 3. The Labute approximate surface area is 170 Å². The van der Waals surface area contributed by atoms with E-state index in [-0.39, 0.29) is 5.91 Å². The highest BCUT2D eigenvalue weighted by Crippen LogP contribution is 2.20. The van der Waals surface area contributed by atoms with Gasteiger partial charge in [-0.25, -0.2) is 4.98 Å². The summed E-state index contributed by atoms with van der Waals surface area (Å²) in [5.41, 5.74) is 2.88. The number of aromatic nitrogens is 1. The lowest BCUT2D eigenvalue weighted by Gasteiger charge is -2.34. The summed E-state index contributed by atoms with van der Waals surface area (Å²) in [6, 6.07) is 15.8. The highest BCUT2D eigenvalue weighted by Gasteiger charge is 2.22. The quantitative estimate of drug-likeness (QED) is 0.641. The van der Waals surface area contributed by atoms with Crippen LogP contribution in [-0.4, -0.2) is 53.5 Å². The third-order valence-electron chi connectivity index (χ3n) is 5.15. The number of ether oxygens (including phenoxy) is 1. The van der Waals surface area contributed by atoms with Gasteiger partial charge in [-0.05, 0) is 36.8 Å². The fourth-order valence-electron chi connectivity index (χ4n) is 3.54. The van der Waals surface area contributed by atoms with Gasteiger partial charge in [0.05, 0.1) is 12.8 Å². The maximum Gasteiger partial charge on any atom is 0.253 e. The van der Waals surface area contributed by atoms with E-state index < -0.39 is 0 Å². The molecule has 0 atom stereocenters. The number of hydrogen-bond donors (Lipinski definition) is 0. The Balaban J connectivity index is 1.30. The first-order valence-corrected chi connectivity index (χ1v) is 9.95. The Morgan fingerprint density at radius 2 is 1.76 bits per heavy atom. The van der Waals surface area contributed by atoms with E-state index in [0.29, 0.717) is 17.9 Å². The van der Waals surface area contributed by atoms with Crippen LogP contribution in [0, 0.1) is 0 Å².